The van der Waals surface area contributed by atoms with E-state index >= 15 is 0 Å². The van der Waals surface area contributed by atoms with E-state index in [-0.39, 0.29) is 6.61 Å². The quantitative estimate of drug-likeness (QED) is 0.861. The lowest BCUT2D eigenvalue weighted by atomic mass is 10.3. The minimum absolute atomic E-state index is 0.205. The first kappa shape index (κ1) is 12.6. The molecule has 0 amide bonds. The molecule has 0 radical (unpaired) electrons. The van der Waals surface area contributed by atoms with Gasteiger partial charge < -0.3 is 5.11 Å². The summed E-state index contributed by atoms with van der Waals surface area (Å²) in [7, 11) is 0. The molecule has 0 aliphatic rings. The molecule has 0 aromatic carbocycles. The molecule has 84 valence electrons. The van der Waals surface area contributed by atoms with Gasteiger partial charge in [-0.25, -0.2) is 0 Å². The third-order valence-corrected chi connectivity index (χ3v) is 2.60. The van der Waals surface area contributed by atoms with E-state index in [1.54, 1.807) is 6.20 Å². The second-order valence-electron chi connectivity index (χ2n) is 3.47. The number of hydrogen-bond acceptors (Lipinski definition) is 3. The number of rotatable bonds is 6. The fourth-order valence-electron chi connectivity index (χ4n) is 1.46. The van der Waals surface area contributed by atoms with Crippen molar-refractivity contribution < 1.29 is 5.11 Å². The highest BCUT2D eigenvalue weighted by Crippen LogP contribution is 2.09. The summed E-state index contributed by atoms with van der Waals surface area (Å²) >= 11 is 3.36. The molecule has 0 aliphatic heterocycles. The Balaban J connectivity index is 2.53. The van der Waals surface area contributed by atoms with Gasteiger partial charge in [0.15, 0.2) is 0 Å². The maximum Gasteiger partial charge on any atom is 0.0558 e. The summed E-state index contributed by atoms with van der Waals surface area (Å²) in [4.78, 5) is 6.52. The Morgan fingerprint density at radius 3 is 2.73 bits per heavy atom. The molecular weight excluding hydrogens is 256 g/mol. The first-order valence-electron chi connectivity index (χ1n) is 5.20. The van der Waals surface area contributed by atoms with Crippen LogP contribution in [0.5, 0.6) is 0 Å². The monoisotopic (exact) mass is 272 g/mol. The molecule has 0 atom stereocenters. The molecule has 1 rings (SSSR count). The number of halogens is 1. The molecule has 1 N–H and O–H groups in total. The van der Waals surface area contributed by atoms with Gasteiger partial charge in [0.2, 0.25) is 0 Å². The lowest BCUT2D eigenvalue weighted by Crippen LogP contribution is -2.27. The third kappa shape index (κ3) is 4.73. The van der Waals surface area contributed by atoms with Crippen molar-refractivity contribution in [1.82, 2.24) is 9.88 Å². The molecule has 1 aromatic rings. The topological polar surface area (TPSA) is 36.4 Å². The Kier molecular flexibility index (Phi) is 5.83. The average molecular weight is 273 g/mol. The summed E-state index contributed by atoms with van der Waals surface area (Å²) in [6, 6.07) is 4.00. The van der Waals surface area contributed by atoms with Crippen molar-refractivity contribution in [1.29, 1.82) is 0 Å². The van der Waals surface area contributed by atoms with E-state index in [0.29, 0.717) is 6.54 Å². The van der Waals surface area contributed by atoms with Gasteiger partial charge in [-0.1, -0.05) is 6.92 Å². The van der Waals surface area contributed by atoms with Crippen molar-refractivity contribution in [3.8, 4) is 0 Å². The van der Waals surface area contributed by atoms with Crippen LogP contribution in [0.3, 0.4) is 0 Å². The number of aliphatic hydroxyl groups excluding tert-OH is 1. The summed E-state index contributed by atoms with van der Waals surface area (Å²) in [5, 5.41) is 8.92. The highest BCUT2D eigenvalue weighted by molar-refractivity contribution is 9.10. The third-order valence-electron chi connectivity index (χ3n) is 2.13. The van der Waals surface area contributed by atoms with Gasteiger partial charge in [-0.15, -0.1) is 0 Å². The van der Waals surface area contributed by atoms with Crippen molar-refractivity contribution in [2.24, 2.45) is 0 Å². The summed E-state index contributed by atoms with van der Waals surface area (Å²) in [5.41, 5.74) is 1.04. The minimum Gasteiger partial charge on any atom is -0.395 e. The maximum atomic E-state index is 8.92. The molecule has 1 aromatic heterocycles. The molecule has 0 fully saturated rings. The van der Waals surface area contributed by atoms with Gasteiger partial charge >= 0.3 is 0 Å². The van der Waals surface area contributed by atoms with Crippen LogP contribution in [0.4, 0.5) is 0 Å². The Hall–Kier alpha value is -0.450. The molecule has 0 bridgehead atoms. The lowest BCUT2D eigenvalue weighted by molar-refractivity contribution is 0.189. The lowest BCUT2D eigenvalue weighted by Gasteiger charge is -2.19. The van der Waals surface area contributed by atoms with E-state index in [1.807, 2.05) is 12.1 Å². The predicted octanol–water partition coefficient (Wildman–Crippen LogP) is 2.05. The maximum absolute atomic E-state index is 8.92. The molecule has 0 spiro atoms. The fourth-order valence-corrected chi connectivity index (χ4v) is 1.69. The smallest absolute Gasteiger partial charge is 0.0558 e. The van der Waals surface area contributed by atoms with Crippen LogP contribution in [-0.4, -0.2) is 34.7 Å². The van der Waals surface area contributed by atoms with Gasteiger partial charge in [-0.2, -0.15) is 0 Å². The van der Waals surface area contributed by atoms with Crippen molar-refractivity contribution in [3.63, 3.8) is 0 Å². The Bertz CT molecular complexity index is 270. The number of nitrogens with zero attached hydrogens (tertiary/aromatic N) is 2. The molecular formula is C11H17BrN2O. The van der Waals surface area contributed by atoms with E-state index in [9.17, 15) is 0 Å². The van der Waals surface area contributed by atoms with Gasteiger partial charge in [0.25, 0.3) is 0 Å². The van der Waals surface area contributed by atoms with Crippen LogP contribution in [0.15, 0.2) is 22.8 Å². The fraction of sp³-hybridized carbons (Fsp3) is 0.545. The number of aromatic nitrogens is 1. The second kappa shape index (κ2) is 6.93. The van der Waals surface area contributed by atoms with Crippen LogP contribution >= 0.6 is 15.9 Å². The molecule has 0 aliphatic carbocycles. The highest BCUT2D eigenvalue weighted by atomic mass is 79.9. The van der Waals surface area contributed by atoms with Crippen LogP contribution in [0, 0.1) is 0 Å². The Labute approximate surface area is 99.3 Å². The van der Waals surface area contributed by atoms with E-state index < -0.39 is 0 Å². The molecule has 0 saturated carbocycles. The van der Waals surface area contributed by atoms with E-state index in [4.69, 9.17) is 5.11 Å². The van der Waals surface area contributed by atoms with Crippen LogP contribution in [0.2, 0.25) is 0 Å². The summed E-state index contributed by atoms with van der Waals surface area (Å²) in [6.45, 7) is 4.86. The zero-order chi connectivity index (χ0) is 11.1. The van der Waals surface area contributed by atoms with Crippen molar-refractivity contribution in [2.45, 2.75) is 19.9 Å². The predicted molar refractivity (Wildman–Crippen MR) is 64.6 cm³/mol. The largest absolute Gasteiger partial charge is 0.395 e. The van der Waals surface area contributed by atoms with E-state index in [2.05, 4.69) is 32.7 Å². The van der Waals surface area contributed by atoms with Crippen molar-refractivity contribution in [2.75, 3.05) is 19.7 Å². The zero-order valence-electron chi connectivity index (χ0n) is 8.99. The first-order chi connectivity index (χ1) is 7.26. The SMILES string of the molecule is CCCN(CCO)Cc1ccc(Br)cn1. The van der Waals surface area contributed by atoms with Crippen LogP contribution < -0.4 is 0 Å². The standard InChI is InChI=1S/C11H17BrN2O/c1-2-5-14(6-7-15)9-11-4-3-10(12)8-13-11/h3-4,8,15H,2,5-7,9H2,1H3. The number of hydrogen-bond donors (Lipinski definition) is 1. The number of pyridine rings is 1. The highest BCUT2D eigenvalue weighted by Gasteiger charge is 2.04. The Morgan fingerprint density at radius 1 is 1.40 bits per heavy atom. The minimum atomic E-state index is 0.205. The van der Waals surface area contributed by atoms with Gasteiger partial charge in [0.05, 0.1) is 12.3 Å². The van der Waals surface area contributed by atoms with E-state index in [0.717, 1.165) is 29.7 Å². The molecule has 15 heavy (non-hydrogen) atoms. The van der Waals surface area contributed by atoms with Crippen LogP contribution in [0.25, 0.3) is 0 Å². The molecule has 4 heteroatoms. The normalized spacial score (nSPS) is 10.9. The van der Waals surface area contributed by atoms with Crippen LogP contribution in [0.1, 0.15) is 19.0 Å². The number of aliphatic hydroxyl groups is 1. The summed E-state index contributed by atoms with van der Waals surface area (Å²) in [5.74, 6) is 0. The zero-order valence-corrected chi connectivity index (χ0v) is 10.6. The Morgan fingerprint density at radius 2 is 2.20 bits per heavy atom. The van der Waals surface area contributed by atoms with Crippen molar-refractivity contribution in [3.05, 3.63) is 28.5 Å². The van der Waals surface area contributed by atoms with Gasteiger partial charge in [-0.05, 0) is 41.0 Å². The van der Waals surface area contributed by atoms with Gasteiger partial charge in [0.1, 0.15) is 0 Å². The summed E-state index contributed by atoms with van der Waals surface area (Å²) in [6.07, 6.45) is 2.90. The van der Waals surface area contributed by atoms with Crippen molar-refractivity contribution >= 4 is 15.9 Å². The van der Waals surface area contributed by atoms with E-state index in [1.165, 1.54) is 0 Å². The molecule has 3 nitrogen and oxygen atoms in total. The molecule has 1 heterocycles. The average Bonchev–Trinajstić information content (AvgIpc) is 2.22. The van der Waals surface area contributed by atoms with Crippen LogP contribution in [-0.2, 0) is 6.54 Å². The first-order valence-corrected chi connectivity index (χ1v) is 5.99. The van der Waals surface area contributed by atoms with Gasteiger partial charge in [0, 0.05) is 23.8 Å². The summed E-state index contributed by atoms with van der Waals surface area (Å²) < 4.78 is 0.996. The second-order valence-corrected chi connectivity index (χ2v) is 4.38. The van der Waals surface area contributed by atoms with Gasteiger partial charge in [-0.3, -0.25) is 9.88 Å². The molecule has 0 saturated heterocycles. The molecule has 0 unspecified atom stereocenters.